The molecule has 10 heteroatoms. The topological polar surface area (TPSA) is 186 Å². The highest BCUT2D eigenvalue weighted by atomic mass is 16.7. The number of hydrogen-bond acceptors (Lipinski definition) is 8. The highest BCUT2D eigenvalue weighted by molar-refractivity contribution is 6.02. The van der Waals surface area contributed by atoms with Gasteiger partial charge in [-0.3, -0.25) is 9.59 Å². The molecule has 3 rings (SSSR count). The molecule has 8 N–H and O–H groups in total. The van der Waals surface area contributed by atoms with Crippen LogP contribution in [0.2, 0.25) is 0 Å². The van der Waals surface area contributed by atoms with Gasteiger partial charge in [0.25, 0.3) is 0 Å². The number of aryl methyl sites for hydroxylation is 1. The smallest absolute Gasteiger partial charge is 0.249 e. The van der Waals surface area contributed by atoms with Crippen molar-refractivity contribution >= 4 is 11.8 Å². The molecule has 32 heavy (non-hydrogen) atoms. The Balaban J connectivity index is 1.92. The van der Waals surface area contributed by atoms with Crippen molar-refractivity contribution in [3.63, 3.8) is 0 Å². The molecule has 2 amide bonds. The first-order valence-electron chi connectivity index (χ1n) is 9.87. The van der Waals surface area contributed by atoms with E-state index in [1.165, 1.54) is 0 Å². The van der Waals surface area contributed by atoms with Crippen LogP contribution in [0.3, 0.4) is 0 Å². The lowest BCUT2D eigenvalue weighted by molar-refractivity contribution is -0.277. The highest BCUT2D eigenvalue weighted by Gasteiger charge is 2.44. The number of hydrogen-bond donors (Lipinski definition) is 6. The van der Waals surface area contributed by atoms with Crippen LogP contribution < -0.4 is 16.2 Å². The quantitative estimate of drug-likeness (QED) is 0.338. The molecule has 1 aliphatic rings. The second-order valence-electron chi connectivity index (χ2n) is 7.72. The molecule has 0 unspecified atom stereocenters. The number of aliphatic hydroxyl groups is 4. The van der Waals surface area contributed by atoms with Gasteiger partial charge in [0.15, 0.2) is 0 Å². The summed E-state index contributed by atoms with van der Waals surface area (Å²) in [4.78, 5) is 23.6. The van der Waals surface area contributed by atoms with Gasteiger partial charge in [-0.1, -0.05) is 6.07 Å². The van der Waals surface area contributed by atoms with E-state index < -0.39 is 49.1 Å². The van der Waals surface area contributed by atoms with Crippen molar-refractivity contribution in [2.45, 2.75) is 44.6 Å². The molecule has 2 aromatic rings. The van der Waals surface area contributed by atoms with Gasteiger partial charge >= 0.3 is 0 Å². The first-order chi connectivity index (χ1) is 15.0. The molecule has 1 aliphatic heterocycles. The molecule has 0 bridgehead atoms. The Morgan fingerprint density at radius 1 is 0.938 bits per heavy atom. The number of amides is 2. The molecule has 2 aromatic carbocycles. The maximum Gasteiger partial charge on any atom is 0.249 e. The van der Waals surface area contributed by atoms with E-state index in [0.29, 0.717) is 28.0 Å². The third-order valence-electron chi connectivity index (χ3n) is 5.54. The summed E-state index contributed by atoms with van der Waals surface area (Å²) in [5.74, 6) is -1.06. The van der Waals surface area contributed by atoms with Crippen molar-refractivity contribution in [1.29, 1.82) is 0 Å². The molecule has 1 fully saturated rings. The lowest BCUT2D eigenvalue weighted by Gasteiger charge is -2.39. The second kappa shape index (κ2) is 9.23. The SMILES string of the molecule is Cc1cc(-c2cc(C(N)=O)c(C)c(C(N)=O)c2)ccc1O[C@H]1O[C@H](CO)[C@@H](O)[C@H](O)[C@@H]1O. The molecule has 10 nitrogen and oxygen atoms in total. The molecule has 1 saturated heterocycles. The van der Waals surface area contributed by atoms with Gasteiger partial charge in [-0.2, -0.15) is 0 Å². The monoisotopic (exact) mass is 446 g/mol. The van der Waals surface area contributed by atoms with E-state index in [-0.39, 0.29) is 11.1 Å². The lowest BCUT2D eigenvalue weighted by Crippen LogP contribution is -2.60. The first kappa shape index (κ1) is 23.6. The van der Waals surface area contributed by atoms with Gasteiger partial charge in [0, 0.05) is 11.1 Å². The maximum absolute atomic E-state index is 11.8. The van der Waals surface area contributed by atoms with Crippen LogP contribution in [-0.2, 0) is 4.74 Å². The average Bonchev–Trinajstić information content (AvgIpc) is 2.75. The fraction of sp³-hybridized carbons (Fsp3) is 0.364. The minimum atomic E-state index is -1.56. The van der Waals surface area contributed by atoms with Crippen LogP contribution in [0.1, 0.15) is 31.8 Å². The first-order valence-corrected chi connectivity index (χ1v) is 9.87. The summed E-state index contributed by atoms with van der Waals surface area (Å²) in [5, 5.41) is 39.3. The van der Waals surface area contributed by atoms with Crippen molar-refractivity contribution in [2.75, 3.05) is 6.61 Å². The normalized spacial score (nSPS) is 25.4. The van der Waals surface area contributed by atoms with Crippen LogP contribution in [0, 0.1) is 13.8 Å². The molecular formula is C22H26N2O8. The van der Waals surface area contributed by atoms with Crippen molar-refractivity contribution in [2.24, 2.45) is 11.5 Å². The van der Waals surface area contributed by atoms with E-state index in [9.17, 15) is 30.0 Å². The number of benzene rings is 2. The molecule has 172 valence electrons. The molecule has 0 saturated carbocycles. The van der Waals surface area contributed by atoms with Crippen LogP contribution in [0.5, 0.6) is 5.75 Å². The molecule has 0 radical (unpaired) electrons. The predicted molar refractivity (Wildman–Crippen MR) is 113 cm³/mol. The zero-order chi connectivity index (χ0) is 23.7. The van der Waals surface area contributed by atoms with Crippen molar-refractivity contribution < 1.29 is 39.5 Å². The molecular weight excluding hydrogens is 420 g/mol. The number of carbonyl (C=O) groups excluding carboxylic acids is 2. The molecule has 1 heterocycles. The molecule has 5 atom stereocenters. The maximum atomic E-state index is 11.8. The standard InChI is InChI=1S/C22H26N2O8/c1-9-5-11(12-6-13(20(23)29)10(2)14(7-12)21(24)30)3-4-15(9)31-22-19(28)18(27)17(26)16(8-25)32-22/h3-7,16-19,22,25-28H,8H2,1-2H3,(H2,23,29)(H2,24,30)/t16-,17-,18+,19+,22+/m1/s1. The Bertz CT molecular complexity index is 1000. The van der Waals surface area contributed by atoms with Crippen LogP contribution >= 0.6 is 0 Å². The average molecular weight is 446 g/mol. The number of nitrogens with two attached hydrogens (primary N) is 2. The van der Waals surface area contributed by atoms with Crippen molar-refractivity contribution in [3.8, 4) is 16.9 Å². The van der Waals surface area contributed by atoms with E-state index in [1.54, 1.807) is 44.2 Å². The van der Waals surface area contributed by atoms with E-state index in [2.05, 4.69) is 0 Å². The predicted octanol–water partition coefficient (Wildman–Crippen LogP) is -0.653. The summed E-state index contributed by atoms with van der Waals surface area (Å²) in [7, 11) is 0. The highest BCUT2D eigenvalue weighted by Crippen LogP contribution is 2.31. The summed E-state index contributed by atoms with van der Waals surface area (Å²) in [6, 6.07) is 8.10. The fourth-order valence-electron chi connectivity index (χ4n) is 3.64. The van der Waals surface area contributed by atoms with Crippen LogP contribution in [-0.4, -0.2) is 69.6 Å². The zero-order valence-corrected chi connectivity index (χ0v) is 17.6. The third-order valence-corrected chi connectivity index (χ3v) is 5.54. The third kappa shape index (κ3) is 4.45. The van der Waals surface area contributed by atoms with E-state index in [4.69, 9.17) is 20.9 Å². The zero-order valence-electron chi connectivity index (χ0n) is 17.6. The number of primary amides is 2. The summed E-state index contributed by atoms with van der Waals surface area (Å²) in [5.41, 5.74) is 13.4. The Hall–Kier alpha value is -3.02. The summed E-state index contributed by atoms with van der Waals surface area (Å²) in [6.45, 7) is 2.74. The Morgan fingerprint density at radius 3 is 2.03 bits per heavy atom. The van der Waals surface area contributed by atoms with Crippen molar-refractivity contribution in [3.05, 3.63) is 52.6 Å². The van der Waals surface area contributed by atoms with Gasteiger partial charge < -0.3 is 41.4 Å². The van der Waals surface area contributed by atoms with E-state index in [1.807, 2.05) is 0 Å². The van der Waals surface area contributed by atoms with Crippen LogP contribution in [0.25, 0.3) is 11.1 Å². The minimum Gasteiger partial charge on any atom is -0.462 e. The molecule has 0 spiro atoms. The van der Waals surface area contributed by atoms with Gasteiger partial charge in [0.1, 0.15) is 30.2 Å². The lowest BCUT2D eigenvalue weighted by atomic mass is 9.93. The Labute approximate surface area is 184 Å². The van der Waals surface area contributed by atoms with Gasteiger partial charge in [-0.05, 0) is 60.4 Å². The van der Waals surface area contributed by atoms with Crippen LogP contribution in [0.15, 0.2) is 30.3 Å². The van der Waals surface area contributed by atoms with Gasteiger partial charge in [-0.25, -0.2) is 0 Å². The molecule has 0 aliphatic carbocycles. The largest absolute Gasteiger partial charge is 0.462 e. The van der Waals surface area contributed by atoms with Gasteiger partial charge in [0.2, 0.25) is 18.1 Å². The summed E-state index contributed by atoms with van der Waals surface area (Å²) >= 11 is 0. The Kier molecular flexibility index (Phi) is 6.82. The summed E-state index contributed by atoms with van der Waals surface area (Å²) < 4.78 is 11.0. The fourth-order valence-corrected chi connectivity index (χ4v) is 3.64. The Morgan fingerprint density at radius 2 is 1.53 bits per heavy atom. The van der Waals surface area contributed by atoms with E-state index >= 15 is 0 Å². The number of aliphatic hydroxyl groups excluding tert-OH is 4. The van der Waals surface area contributed by atoms with Gasteiger partial charge in [-0.15, -0.1) is 0 Å². The molecule has 0 aromatic heterocycles. The van der Waals surface area contributed by atoms with Crippen LogP contribution in [0.4, 0.5) is 0 Å². The number of ether oxygens (including phenoxy) is 2. The summed E-state index contributed by atoms with van der Waals surface area (Å²) in [6.07, 6.45) is -7.00. The number of rotatable bonds is 6. The second-order valence-corrected chi connectivity index (χ2v) is 7.72. The number of carbonyl (C=O) groups is 2. The van der Waals surface area contributed by atoms with Crippen molar-refractivity contribution in [1.82, 2.24) is 0 Å². The van der Waals surface area contributed by atoms with Gasteiger partial charge in [0.05, 0.1) is 6.61 Å². The van der Waals surface area contributed by atoms with E-state index in [0.717, 1.165) is 0 Å². The minimum absolute atomic E-state index is 0.176.